The first-order valence-electron chi connectivity index (χ1n) is 7.39. The van der Waals surface area contributed by atoms with Gasteiger partial charge in [0.05, 0.1) is 18.8 Å². The highest BCUT2D eigenvalue weighted by molar-refractivity contribution is 5.87. The van der Waals surface area contributed by atoms with Crippen molar-refractivity contribution in [1.82, 2.24) is 0 Å². The summed E-state index contributed by atoms with van der Waals surface area (Å²) >= 11 is 0. The summed E-state index contributed by atoms with van der Waals surface area (Å²) in [6.07, 6.45) is 6.78. The lowest BCUT2D eigenvalue weighted by Gasteiger charge is -2.06. The van der Waals surface area contributed by atoms with Gasteiger partial charge in [0.15, 0.2) is 0 Å². The van der Waals surface area contributed by atoms with Crippen molar-refractivity contribution < 1.29 is 24.2 Å². The molecule has 0 bridgehead atoms. The molecule has 0 saturated carbocycles. The van der Waals surface area contributed by atoms with Crippen molar-refractivity contribution in [2.45, 2.75) is 32.6 Å². The van der Waals surface area contributed by atoms with E-state index < -0.39 is 5.97 Å². The molecule has 5 nitrogen and oxygen atoms in total. The smallest absolute Gasteiger partial charge is 0.335 e. The number of aromatic carboxylic acids is 1. The summed E-state index contributed by atoms with van der Waals surface area (Å²) < 4.78 is 10.5. The Morgan fingerprint density at radius 3 is 2.27 bits per heavy atom. The van der Waals surface area contributed by atoms with Gasteiger partial charge in [-0.2, -0.15) is 0 Å². The minimum Gasteiger partial charge on any atom is -0.494 e. The predicted octanol–water partition coefficient (Wildman–Crippen LogP) is 3.44. The van der Waals surface area contributed by atoms with Crippen LogP contribution in [0.3, 0.4) is 0 Å². The Morgan fingerprint density at radius 1 is 1.05 bits per heavy atom. The van der Waals surface area contributed by atoms with Gasteiger partial charge in [0.1, 0.15) is 5.75 Å². The van der Waals surface area contributed by atoms with Crippen LogP contribution in [0, 0.1) is 0 Å². The van der Waals surface area contributed by atoms with E-state index in [2.05, 4.69) is 0 Å². The summed E-state index contributed by atoms with van der Waals surface area (Å²) in [5, 5.41) is 8.78. The topological polar surface area (TPSA) is 72.8 Å². The fourth-order valence-electron chi connectivity index (χ4n) is 1.80. The molecule has 0 amide bonds. The van der Waals surface area contributed by atoms with Crippen LogP contribution >= 0.6 is 0 Å². The van der Waals surface area contributed by atoms with Crippen molar-refractivity contribution in [2.75, 3.05) is 13.2 Å². The molecule has 0 aromatic heterocycles. The highest BCUT2D eigenvalue weighted by Gasteiger charge is 2.02. The SMILES string of the molecule is CC=CC(=O)OCCCCCCOc1ccc(C(=O)O)cc1. The van der Waals surface area contributed by atoms with E-state index in [0.717, 1.165) is 25.7 Å². The van der Waals surface area contributed by atoms with Gasteiger partial charge in [-0.25, -0.2) is 9.59 Å². The first kappa shape index (κ1) is 17.8. The molecule has 0 saturated heterocycles. The minimum atomic E-state index is -0.943. The molecular weight excluding hydrogens is 284 g/mol. The van der Waals surface area contributed by atoms with Crippen molar-refractivity contribution in [3.8, 4) is 5.75 Å². The van der Waals surface area contributed by atoms with Gasteiger partial charge >= 0.3 is 11.9 Å². The molecule has 120 valence electrons. The Bertz CT molecular complexity index is 490. The molecule has 1 rings (SSSR count). The molecule has 1 N–H and O–H groups in total. The maximum atomic E-state index is 11.0. The molecule has 0 heterocycles. The summed E-state index contributed by atoms with van der Waals surface area (Å²) in [5.74, 6) is -0.567. The van der Waals surface area contributed by atoms with Gasteiger partial charge in [0, 0.05) is 6.08 Å². The van der Waals surface area contributed by atoms with Crippen LogP contribution in [0.5, 0.6) is 5.75 Å². The van der Waals surface area contributed by atoms with Crippen molar-refractivity contribution in [3.63, 3.8) is 0 Å². The van der Waals surface area contributed by atoms with Crippen LogP contribution < -0.4 is 4.74 Å². The molecular formula is C17H22O5. The summed E-state index contributed by atoms with van der Waals surface area (Å²) in [5.41, 5.74) is 0.250. The number of carbonyl (C=O) groups excluding carboxylic acids is 1. The number of allylic oxidation sites excluding steroid dienone is 1. The molecule has 0 spiro atoms. The van der Waals surface area contributed by atoms with Gasteiger partial charge < -0.3 is 14.6 Å². The Balaban J connectivity index is 2.03. The Hall–Kier alpha value is -2.30. The lowest BCUT2D eigenvalue weighted by molar-refractivity contribution is -0.137. The molecule has 5 heteroatoms. The normalized spacial score (nSPS) is 10.6. The van der Waals surface area contributed by atoms with Crippen LogP contribution in [-0.4, -0.2) is 30.3 Å². The lowest BCUT2D eigenvalue weighted by Crippen LogP contribution is -2.02. The fraction of sp³-hybridized carbons (Fsp3) is 0.412. The number of unbranched alkanes of at least 4 members (excludes halogenated alkanes) is 3. The van der Waals surface area contributed by atoms with Crippen LogP contribution in [0.4, 0.5) is 0 Å². The molecule has 0 atom stereocenters. The molecule has 0 aliphatic carbocycles. The standard InChI is InChI=1S/C17H22O5/c1-2-7-16(18)22-13-6-4-3-5-12-21-15-10-8-14(9-11-15)17(19)20/h2,7-11H,3-6,12-13H2,1H3,(H,19,20). The van der Waals surface area contributed by atoms with Crippen molar-refractivity contribution >= 4 is 11.9 Å². The number of carbonyl (C=O) groups is 2. The number of ether oxygens (including phenoxy) is 2. The van der Waals surface area contributed by atoms with E-state index in [1.54, 1.807) is 25.1 Å². The molecule has 0 aliphatic rings. The first-order valence-corrected chi connectivity index (χ1v) is 7.39. The zero-order valence-electron chi connectivity index (χ0n) is 12.8. The molecule has 0 radical (unpaired) electrons. The molecule has 0 fully saturated rings. The van der Waals surface area contributed by atoms with Crippen molar-refractivity contribution in [1.29, 1.82) is 0 Å². The number of benzene rings is 1. The van der Waals surface area contributed by atoms with Crippen LogP contribution in [0.2, 0.25) is 0 Å². The maximum absolute atomic E-state index is 11.0. The van der Waals surface area contributed by atoms with Gasteiger partial charge in [0.25, 0.3) is 0 Å². The number of carboxylic acids is 1. The van der Waals surface area contributed by atoms with E-state index in [9.17, 15) is 9.59 Å². The van der Waals surface area contributed by atoms with Crippen LogP contribution in [0.25, 0.3) is 0 Å². The summed E-state index contributed by atoms with van der Waals surface area (Å²) in [4.78, 5) is 21.7. The van der Waals surface area contributed by atoms with Gasteiger partial charge in [0.2, 0.25) is 0 Å². The van der Waals surface area contributed by atoms with Crippen LogP contribution in [0.1, 0.15) is 43.0 Å². The van der Waals surface area contributed by atoms with Gasteiger partial charge in [-0.05, 0) is 56.9 Å². The Morgan fingerprint density at radius 2 is 1.68 bits per heavy atom. The third-order valence-corrected chi connectivity index (χ3v) is 2.96. The summed E-state index contributed by atoms with van der Waals surface area (Å²) in [7, 11) is 0. The van der Waals surface area contributed by atoms with Crippen molar-refractivity contribution in [2.24, 2.45) is 0 Å². The highest BCUT2D eigenvalue weighted by Crippen LogP contribution is 2.13. The molecule has 0 aliphatic heterocycles. The van der Waals surface area contributed by atoms with E-state index in [1.165, 1.54) is 18.2 Å². The zero-order chi connectivity index (χ0) is 16.2. The maximum Gasteiger partial charge on any atom is 0.335 e. The van der Waals surface area contributed by atoms with E-state index >= 15 is 0 Å². The second kappa shape index (κ2) is 10.4. The lowest BCUT2D eigenvalue weighted by atomic mass is 10.2. The van der Waals surface area contributed by atoms with E-state index in [1.807, 2.05) is 0 Å². The van der Waals surface area contributed by atoms with Gasteiger partial charge in [-0.1, -0.05) is 6.08 Å². The Kier molecular flexibility index (Phi) is 8.42. The Labute approximate surface area is 130 Å². The van der Waals surface area contributed by atoms with Crippen molar-refractivity contribution in [3.05, 3.63) is 42.0 Å². The summed E-state index contributed by atoms with van der Waals surface area (Å²) in [6.45, 7) is 2.81. The number of esters is 1. The first-order chi connectivity index (χ1) is 10.6. The number of rotatable bonds is 10. The average molecular weight is 306 g/mol. The highest BCUT2D eigenvalue weighted by atomic mass is 16.5. The molecule has 22 heavy (non-hydrogen) atoms. The molecule has 0 unspecified atom stereocenters. The number of hydrogen-bond donors (Lipinski definition) is 1. The monoisotopic (exact) mass is 306 g/mol. The summed E-state index contributed by atoms with van der Waals surface area (Å²) in [6, 6.07) is 6.36. The van der Waals surface area contributed by atoms with E-state index in [0.29, 0.717) is 19.0 Å². The second-order valence-electron chi connectivity index (χ2n) is 4.76. The van der Waals surface area contributed by atoms with Crippen LogP contribution in [0.15, 0.2) is 36.4 Å². The van der Waals surface area contributed by atoms with Gasteiger partial charge in [-0.3, -0.25) is 0 Å². The van der Waals surface area contributed by atoms with Gasteiger partial charge in [-0.15, -0.1) is 0 Å². The zero-order valence-corrected chi connectivity index (χ0v) is 12.8. The third kappa shape index (κ3) is 7.47. The predicted molar refractivity (Wildman–Crippen MR) is 83.1 cm³/mol. The third-order valence-electron chi connectivity index (χ3n) is 2.96. The second-order valence-corrected chi connectivity index (χ2v) is 4.76. The largest absolute Gasteiger partial charge is 0.494 e. The molecule has 1 aromatic carbocycles. The molecule has 1 aromatic rings. The average Bonchev–Trinajstić information content (AvgIpc) is 2.50. The number of carboxylic acid groups (broad SMARTS) is 1. The fourth-order valence-corrected chi connectivity index (χ4v) is 1.80. The van der Waals surface area contributed by atoms with E-state index in [-0.39, 0.29) is 11.5 Å². The number of hydrogen-bond acceptors (Lipinski definition) is 4. The van der Waals surface area contributed by atoms with E-state index in [4.69, 9.17) is 14.6 Å². The minimum absolute atomic E-state index is 0.250. The van der Waals surface area contributed by atoms with Crippen LogP contribution in [-0.2, 0) is 9.53 Å². The quantitative estimate of drug-likeness (QED) is 0.407.